The van der Waals surface area contributed by atoms with E-state index in [4.69, 9.17) is 10.5 Å². The quantitative estimate of drug-likeness (QED) is 0.773. The Morgan fingerprint density at radius 1 is 1.29 bits per heavy atom. The molecule has 1 aliphatic carbocycles. The molecule has 1 aromatic carbocycles. The maximum atomic E-state index is 12.7. The van der Waals surface area contributed by atoms with E-state index in [1.54, 1.807) is 17.7 Å². The summed E-state index contributed by atoms with van der Waals surface area (Å²) in [6.07, 6.45) is 2.94. The fourth-order valence-corrected chi connectivity index (χ4v) is 3.73. The normalized spacial score (nSPS) is 22.1. The van der Waals surface area contributed by atoms with E-state index in [-0.39, 0.29) is 11.9 Å². The summed E-state index contributed by atoms with van der Waals surface area (Å²) < 4.78 is 7.03. The van der Waals surface area contributed by atoms with Crippen molar-refractivity contribution in [1.82, 2.24) is 19.3 Å². The van der Waals surface area contributed by atoms with Gasteiger partial charge < -0.3 is 15.4 Å². The molecule has 0 spiro atoms. The summed E-state index contributed by atoms with van der Waals surface area (Å²) in [7, 11) is 1.59. The van der Waals surface area contributed by atoms with Gasteiger partial charge >= 0.3 is 0 Å². The Balaban J connectivity index is 1.65. The van der Waals surface area contributed by atoms with Crippen LogP contribution in [0.4, 0.5) is 5.95 Å². The second-order valence-corrected chi connectivity index (χ2v) is 6.61. The van der Waals surface area contributed by atoms with Crippen molar-refractivity contribution in [2.75, 3.05) is 25.9 Å². The van der Waals surface area contributed by atoms with Crippen molar-refractivity contribution in [3.63, 3.8) is 0 Å². The summed E-state index contributed by atoms with van der Waals surface area (Å²) in [6, 6.07) is 5.62. The molecular weight excluding hydrogens is 306 g/mol. The van der Waals surface area contributed by atoms with Crippen LogP contribution in [0, 0.1) is 11.8 Å². The number of nitrogens with zero attached hydrogens (tertiary/aromatic N) is 4. The summed E-state index contributed by atoms with van der Waals surface area (Å²) in [5, 5.41) is 0.812. The van der Waals surface area contributed by atoms with Gasteiger partial charge in [-0.1, -0.05) is 6.07 Å². The fraction of sp³-hybridized carbons (Fsp3) is 0.353. The van der Waals surface area contributed by atoms with Crippen LogP contribution in [0.2, 0.25) is 0 Å². The minimum Gasteiger partial charge on any atom is -0.494 e. The third kappa shape index (κ3) is 1.81. The number of nitrogens with two attached hydrogens (primary N) is 1. The van der Waals surface area contributed by atoms with E-state index in [1.807, 2.05) is 23.1 Å². The number of ether oxygens (including phenoxy) is 1. The first-order valence-corrected chi connectivity index (χ1v) is 8.06. The Kier molecular flexibility index (Phi) is 2.60. The standard InChI is InChI=1S/C17H17N5O2/c1-24-13-4-2-3-11-14(13)20-17(18)22-8-12(19-15(11)22)16(23)21-6-9-5-10(9)7-21/h2-4,8-10H,5-7H2,1H3,(H2,18,20). The van der Waals surface area contributed by atoms with Gasteiger partial charge in [-0.2, -0.15) is 0 Å². The summed E-state index contributed by atoms with van der Waals surface area (Å²) in [6.45, 7) is 1.69. The number of anilines is 1. The summed E-state index contributed by atoms with van der Waals surface area (Å²) in [5.41, 5.74) is 7.77. The Bertz CT molecular complexity index is 985. The largest absolute Gasteiger partial charge is 0.494 e. The number of piperidine rings is 1. The molecule has 2 fully saturated rings. The maximum Gasteiger partial charge on any atom is 0.274 e. The predicted molar refractivity (Wildman–Crippen MR) is 89.0 cm³/mol. The number of amides is 1. The van der Waals surface area contributed by atoms with Crippen LogP contribution in [0.5, 0.6) is 5.75 Å². The zero-order chi connectivity index (χ0) is 16.4. The molecule has 1 saturated carbocycles. The number of carbonyl (C=O) groups excluding carboxylic acids is 1. The van der Waals surface area contributed by atoms with Crippen LogP contribution in [-0.4, -0.2) is 45.4 Å². The summed E-state index contributed by atoms with van der Waals surface area (Å²) in [4.78, 5) is 23.6. The number of benzene rings is 1. The highest BCUT2D eigenvalue weighted by Gasteiger charge is 2.46. The molecule has 2 aliphatic rings. The number of rotatable bonds is 2. The van der Waals surface area contributed by atoms with Gasteiger partial charge in [0.05, 0.1) is 7.11 Å². The lowest BCUT2D eigenvalue weighted by molar-refractivity contribution is 0.0770. The average molecular weight is 323 g/mol. The van der Waals surface area contributed by atoms with Gasteiger partial charge in [-0.3, -0.25) is 9.20 Å². The molecule has 0 bridgehead atoms. The number of fused-ring (bicyclic) bond motifs is 4. The third-order valence-corrected chi connectivity index (χ3v) is 5.12. The molecule has 7 heteroatoms. The third-order valence-electron chi connectivity index (χ3n) is 5.12. The second kappa shape index (κ2) is 4.59. The number of carbonyl (C=O) groups is 1. The smallest absolute Gasteiger partial charge is 0.274 e. The molecule has 5 rings (SSSR count). The number of hydrogen-bond acceptors (Lipinski definition) is 5. The van der Waals surface area contributed by atoms with Crippen molar-refractivity contribution >= 4 is 28.4 Å². The molecule has 1 saturated heterocycles. The first-order valence-electron chi connectivity index (χ1n) is 8.06. The minimum atomic E-state index is -0.0265. The number of likely N-dealkylation sites (tertiary alicyclic amines) is 1. The molecule has 2 aromatic heterocycles. The van der Waals surface area contributed by atoms with Crippen LogP contribution in [0.25, 0.3) is 16.6 Å². The predicted octanol–water partition coefficient (Wildman–Crippen LogP) is 1.57. The SMILES string of the molecule is COc1cccc2c1nc(N)n1cc(C(=O)N3CC4CC4C3)nc21. The first-order chi connectivity index (χ1) is 11.7. The van der Waals surface area contributed by atoms with Gasteiger partial charge in [0.25, 0.3) is 5.91 Å². The average Bonchev–Trinajstić information content (AvgIpc) is 3.01. The molecule has 1 aliphatic heterocycles. The molecule has 122 valence electrons. The highest BCUT2D eigenvalue weighted by Crippen LogP contribution is 2.45. The minimum absolute atomic E-state index is 0.0265. The van der Waals surface area contributed by atoms with E-state index in [0.29, 0.717) is 34.4 Å². The molecule has 2 atom stereocenters. The highest BCUT2D eigenvalue weighted by molar-refractivity contribution is 5.99. The first kappa shape index (κ1) is 13.6. The van der Waals surface area contributed by atoms with Gasteiger partial charge in [-0.05, 0) is 30.4 Å². The van der Waals surface area contributed by atoms with Crippen LogP contribution in [0.15, 0.2) is 24.4 Å². The molecule has 2 unspecified atom stereocenters. The van der Waals surface area contributed by atoms with E-state index in [1.165, 1.54) is 6.42 Å². The molecule has 3 aromatic rings. The fourth-order valence-electron chi connectivity index (χ4n) is 3.73. The number of aromatic nitrogens is 3. The van der Waals surface area contributed by atoms with E-state index in [2.05, 4.69) is 9.97 Å². The van der Waals surface area contributed by atoms with Gasteiger partial charge in [-0.25, -0.2) is 9.97 Å². The topological polar surface area (TPSA) is 85.8 Å². The van der Waals surface area contributed by atoms with Crippen molar-refractivity contribution in [3.8, 4) is 5.75 Å². The van der Waals surface area contributed by atoms with Crippen molar-refractivity contribution in [2.24, 2.45) is 11.8 Å². The lowest BCUT2D eigenvalue weighted by atomic mass is 10.2. The monoisotopic (exact) mass is 323 g/mol. The van der Waals surface area contributed by atoms with E-state index < -0.39 is 0 Å². The van der Waals surface area contributed by atoms with Crippen LogP contribution in [-0.2, 0) is 0 Å². The molecule has 2 N–H and O–H groups in total. The zero-order valence-electron chi connectivity index (χ0n) is 13.3. The second-order valence-electron chi connectivity index (χ2n) is 6.61. The summed E-state index contributed by atoms with van der Waals surface area (Å²) >= 11 is 0. The maximum absolute atomic E-state index is 12.7. The molecule has 3 heterocycles. The van der Waals surface area contributed by atoms with Crippen LogP contribution >= 0.6 is 0 Å². The van der Waals surface area contributed by atoms with Crippen molar-refractivity contribution in [2.45, 2.75) is 6.42 Å². The molecule has 24 heavy (non-hydrogen) atoms. The molecule has 7 nitrogen and oxygen atoms in total. The van der Waals surface area contributed by atoms with Crippen molar-refractivity contribution in [1.29, 1.82) is 0 Å². The van der Waals surface area contributed by atoms with E-state index in [9.17, 15) is 4.79 Å². The van der Waals surface area contributed by atoms with E-state index in [0.717, 1.165) is 18.5 Å². The Morgan fingerprint density at radius 3 is 2.83 bits per heavy atom. The lowest BCUT2D eigenvalue weighted by Crippen LogP contribution is -2.30. The number of imidazole rings is 1. The van der Waals surface area contributed by atoms with Crippen LogP contribution in [0.3, 0.4) is 0 Å². The number of nitrogen functional groups attached to an aromatic ring is 1. The van der Waals surface area contributed by atoms with Crippen molar-refractivity contribution < 1.29 is 9.53 Å². The Hall–Kier alpha value is -2.83. The molecule has 0 radical (unpaired) electrons. The number of para-hydroxylation sites is 1. The summed E-state index contributed by atoms with van der Waals surface area (Å²) in [5.74, 6) is 2.29. The number of hydrogen-bond donors (Lipinski definition) is 1. The van der Waals surface area contributed by atoms with Crippen molar-refractivity contribution in [3.05, 3.63) is 30.1 Å². The van der Waals surface area contributed by atoms with E-state index >= 15 is 0 Å². The van der Waals surface area contributed by atoms with Crippen LogP contribution < -0.4 is 10.5 Å². The molecular formula is C17H17N5O2. The number of methoxy groups -OCH3 is 1. The molecule has 1 amide bonds. The highest BCUT2D eigenvalue weighted by atomic mass is 16.5. The van der Waals surface area contributed by atoms with Gasteiger partial charge in [0.1, 0.15) is 22.6 Å². The van der Waals surface area contributed by atoms with Gasteiger partial charge in [-0.15, -0.1) is 0 Å². The van der Waals surface area contributed by atoms with Crippen LogP contribution in [0.1, 0.15) is 16.9 Å². The van der Waals surface area contributed by atoms with Gasteiger partial charge in [0, 0.05) is 24.7 Å². The zero-order valence-corrected chi connectivity index (χ0v) is 13.3. The van der Waals surface area contributed by atoms with Gasteiger partial charge in [0.15, 0.2) is 0 Å². The Morgan fingerprint density at radius 2 is 2.08 bits per heavy atom. The van der Waals surface area contributed by atoms with Gasteiger partial charge in [0.2, 0.25) is 5.95 Å². The lowest BCUT2D eigenvalue weighted by Gasteiger charge is -2.15. The Labute approximate surface area is 138 Å².